The minimum absolute atomic E-state index is 0.204. The molecule has 7 heteroatoms. The number of aromatic nitrogens is 3. The molecule has 0 radical (unpaired) electrons. The third kappa shape index (κ3) is 6.40. The summed E-state index contributed by atoms with van der Waals surface area (Å²) in [6, 6.07) is 30.2. The molecule has 2 aromatic heterocycles. The average molecular weight is 548 g/mol. The number of rotatable bonds is 10. The second kappa shape index (κ2) is 12.3. The Morgan fingerprint density at radius 1 is 0.829 bits per heavy atom. The molecule has 3 aromatic carbocycles. The highest BCUT2D eigenvalue weighted by Crippen LogP contribution is 2.34. The van der Waals surface area contributed by atoms with Crippen molar-refractivity contribution < 1.29 is 19.4 Å². The Hall–Kier alpha value is -4.65. The molecule has 0 amide bonds. The van der Waals surface area contributed by atoms with E-state index in [-0.39, 0.29) is 5.92 Å². The molecule has 7 nitrogen and oxygen atoms in total. The first-order valence-electron chi connectivity index (χ1n) is 14.2. The number of pyridine rings is 1. The smallest absolute Gasteiger partial charge is 0.306 e. The van der Waals surface area contributed by atoms with Gasteiger partial charge in [0.15, 0.2) is 0 Å². The quantitative estimate of drug-likeness (QED) is 0.200. The van der Waals surface area contributed by atoms with Crippen LogP contribution in [0.25, 0.3) is 22.0 Å². The van der Waals surface area contributed by atoms with Crippen molar-refractivity contribution in [2.45, 2.75) is 45.4 Å². The van der Waals surface area contributed by atoms with Gasteiger partial charge in [0, 0.05) is 23.6 Å². The fraction of sp³-hybridized carbons (Fsp3) is 0.265. The van der Waals surface area contributed by atoms with Crippen molar-refractivity contribution in [1.29, 1.82) is 0 Å². The molecule has 41 heavy (non-hydrogen) atoms. The van der Waals surface area contributed by atoms with Crippen molar-refractivity contribution in [3.63, 3.8) is 0 Å². The molecule has 1 N–H and O–H groups in total. The predicted octanol–water partition coefficient (Wildman–Crippen LogP) is 7.15. The normalized spacial score (nSPS) is 16.9. The van der Waals surface area contributed by atoms with E-state index in [2.05, 4.69) is 28.0 Å². The molecule has 0 atom stereocenters. The molecule has 1 aliphatic carbocycles. The fourth-order valence-corrected chi connectivity index (χ4v) is 5.53. The number of hydrogen-bond donors (Lipinski definition) is 1. The average Bonchev–Trinajstić information content (AvgIpc) is 3.42. The van der Waals surface area contributed by atoms with Crippen LogP contribution in [0.3, 0.4) is 0 Å². The molecule has 6 rings (SSSR count). The summed E-state index contributed by atoms with van der Waals surface area (Å²) in [6.07, 6.45) is 5.23. The van der Waals surface area contributed by atoms with Gasteiger partial charge >= 0.3 is 5.97 Å². The Kier molecular flexibility index (Phi) is 7.94. The Labute approximate surface area is 239 Å². The highest BCUT2D eigenvalue weighted by Gasteiger charge is 2.26. The highest BCUT2D eigenvalue weighted by molar-refractivity contribution is 5.85. The van der Waals surface area contributed by atoms with Crippen LogP contribution < -0.4 is 9.47 Å². The van der Waals surface area contributed by atoms with Gasteiger partial charge in [-0.2, -0.15) is 10.1 Å². The number of nitrogens with zero attached hydrogens (tertiary/aromatic N) is 3. The molecule has 0 unspecified atom stereocenters. The number of carboxylic acids is 1. The molecule has 0 aliphatic heterocycles. The molecular weight excluding hydrogens is 514 g/mol. The largest absolute Gasteiger partial charge is 0.481 e. The van der Waals surface area contributed by atoms with E-state index in [1.807, 2.05) is 79.0 Å². The van der Waals surface area contributed by atoms with Crippen molar-refractivity contribution >= 4 is 16.9 Å². The summed E-state index contributed by atoms with van der Waals surface area (Å²) < 4.78 is 14.3. The van der Waals surface area contributed by atoms with Gasteiger partial charge in [0.1, 0.15) is 13.2 Å². The van der Waals surface area contributed by atoms with Crippen LogP contribution in [0.1, 0.15) is 36.8 Å². The summed E-state index contributed by atoms with van der Waals surface area (Å²) in [5.74, 6) is 0.593. The van der Waals surface area contributed by atoms with Crippen LogP contribution in [0.15, 0.2) is 97.2 Å². The van der Waals surface area contributed by atoms with E-state index in [0.29, 0.717) is 30.9 Å². The lowest BCUT2D eigenvalue weighted by Crippen LogP contribution is -2.24. The molecule has 1 saturated carbocycles. The molecule has 1 aliphatic rings. The van der Waals surface area contributed by atoms with Crippen molar-refractivity contribution in [1.82, 2.24) is 14.8 Å². The van der Waals surface area contributed by atoms with Gasteiger partial charge in [0.05, 0.1) is 17.6 Å². The van der Waals surface area contributed by atoms with Crippen LogP contribution in [0.2, 0.25) is 0 Å². The van der Waals surface area contributed by atoms with E-state index < -0.39 is 5.97 Å². The van der Waals surface area contributed by atoms with Gasteiger partial charge in [-0.15, -0.1) is 0 Å². The molecule has 1 fully saturated rings. The molecule has 208 valence electrons. The monoisotopic (exact) mass is 547 g/mol. The molecule has 2 heterocycles. The zero-order valence-corrected chi connectivity index (χ0v) is 22.9. The summed E-state index contributed by atoms with van der Waals surface area (Å²) in [6.45, 7) is 1.62. The maximum atomic E-state index is 11.3. The summed E-state index contributed by atoms with van der Waals surface area (Å²) in [5, 5.41) is 15.0. The molecular formula is C34H33N3O4. The minimum atomic E-state index is -0.669. The fourth-order valence-electron chi connectivity index (χ4n) is 5.53. The molecule has 5 aromatic rings. The lowest BCUT2D eigenvalue weighted by Gasteiger charge is -2.26. The van der Waals surface area contributed by atoms with Crippen molar-refractivity contribution in [3.05, 3.63) is 108 Å². The summed E-state index contributed by atoms with van der Waals surface area (Å²) in [4.78, 5) is 16.1. The lowest BCUT2D eigenvalue weighted by atomic mass is 9.82. The summed E-state index contributed by atoms with van der Waals surface area (Å²) in [7, 11) is 0. The first kappa shape index (κ1) is 26.6. The highest BCUT2D eigenvalue weighted by atomic mass is 16.5. The summed E-state index contributed by atoms with van der Waals surface area (Å²) in [5.41, 5.74) is 5.07. The number of carboxylic acid groups (broad SMARTS) is 1. The van der Waals surface area contributed by atoms with E-state index in [9.17, 15) is 9.90 Å². The van der Waals surface area contributed by atoms with Crippen LogP contribution in [0, 0.1) is 11.8 Å². The third-order valence-electron chi connectivity index (χ3n) is 7.86. The maximum absolute atomic E-state index is 11.3. The summed E-state index contributed by atoms with van der Waals surface area (Å²) >= 11 is 0. The van der Waals surface area contributed by atoms with Crippen LogP contribution in [-0.4, -0.2) is 25.8 Å². The van der Waals surface area contributed by atoms with Gasteiger partial charge in [0.25, 0.3) is 0 Å². The molecule has 0 saturated heterocycles. The SMILES string of the molecule is O=C(O)C1CCC(Cn2ncc3cc(-c4ccc(OCc5ccccc5)nc4OCc4ccccc4)ccc32)CC1. The van der Waals surface area contributed by atoms with E-state index in [1.54, 1.807) is 0 Å². The Bertz CT molecular complexity index is 1610. The molecule has 0 spiro atoms. The van der Waals surface area contributed by atoms with Gasteiger partial charge in [0.2, 0.25) is 11.8 Å². The van der Waals surface area contributed by atoms with Crippen LogP contribution in [-0.2, 0) is 24.6 Å². The first-order chi connectivity index (χ1) is 20.1. The standard InChI is InChI=1S/C34H33N3O4/c38-34(39)27-13-11-24(12-14-27)21-37-31-17-15-28(19-29(31)20-35-37)30-16-18-32(40-22-25-7-3-1-4-8-25)36-33(30)41-23-26-9-5-2-6-10-26/h1-10,15-20,24,27H,11-14,21-23H2,(H,38,39). The van der Waals surface area contributed by atoms with Gasteiger partial charge in [-0.05, 0) is 66.5 Å². The van der Waals surface area contributed by atoms with E-state index >= 15 is 0 Å². The van der Waals surface area contributed by atoms with Gasteiger partial charge in [-0.1, -0.05) is 66.7 Å². The number of carbonyl (C=O) groups is 1. The van der Waals surface area contributed by atoms with E-state index in [0.717, 1.165) is 65.4 Å². The zero-order valence-electron chi connectivity index (χ0n) is 22.9. The van der Waals surface area contributed by atoms with Crippen molar-refractivity contribution in [2.24, 2.45) is 11.8 Å². The maximum Gasteiger partial charge on any atom is 0.306 e. The second-order valence-corrected chi connectivity index (χ2v) is 10.7. The van der Waals surface area contributed by atoms with Crippen LogP contribution >= 0.6 is 0 Å². The zero-order chi connectivity index (χ0) is 28.0. The van der Waals surface area contributed by atoms with E-state index in [4.69, 9.17) is 14.5 Å². The Morgan fingerprint density at radius 3 is 2.20 bits per heavy atom. The Morgan fingerprint density at radius 2 is 1.51 bits per heavy atom. The second-order valence-electron chi connectivity index (χ2n) is 10.7. The number of fused-ring (bicyclic) bond motifs is 1. The van der Waals surface area contributed by atoms with Crippen LogP contribution in [0.4, 0.5) is 0 Å². The number of aliphatic carboxylic acids is 1. The number of ether oxygens (including phenoxy) is 2. The lowest BCUT2D eigenvalue weighted by molar-refractivity contribution is -0.143. The van der Waals surface area contributed by atoms with Crippen molar-refractivity contribution in [3.8, 4) is 22.9 Å². The van der Waals surface area contributed by atoms with Gasteiger partial charge in [-0.3, -0.25) is 9.48 Å². The number of hydrogen-bond acceptors (Lipinski definition) is 5. The van der Waals surface area contributed by atoms with Gasteiger partial charge < -0.3 is 14.6 Å². The Balaban J connectivity index is 1.23. The third-order valence-corrected chi connectivity index (χ3v) is 7.86. The minimum Gasteiger partial charge on any atom is -0.481 e. The van der Waals surface area contributed by atoms with E-state index in [1.165, 1.54) is 0 Å². The number of benzene rings is 3. The van der Waals surface area contributed by atoms with Crippen molar-refractivity contribution in [2.75, 3.05) is 0 Å². The molecule has 0 bridgehead atoms. The van der Waals surface area contributed by atoms with Gasteiger partial charge in [-0.25, -0.2) is 0 Å². The predicted molar refractivity (Wildman–Crippen MR) is 158 cm³/mol. The topological polar surface area (TPSA) is 86.5 Å². The first-order valence-corrected chi connectivity index (χ1v) is 14.2. The van der Waals surface area contributed by atoms with Crippen LogP contribution in [0.5, 0.6) is 11.8 Å².